The molecule has 2 aromatic carbocycles. The van der Waals surface area contributed by atoms with Crippen molar-refractivity contribution in [1.82, 2.24) is 9.55 Å². The minimum absolute atomic E-state index is 0.337. The van der Waals surface area contributed by atoms with Gasteiger partial charge in [0.25, 0.3) is 0 Å². The number of imidazole rings is 1. The Morgan fingerprint density at radius 1 is 1.05 bits per heavy atom. The second-order valence-electron chi connectivity index (χ2n) is 4.61. The molecule has 0 radical (unpaired) electrons. The molecule has 0 aliphatic heterocycles. The summed E-state index contributed by atoms with van der Waals surface area (Å²) >= 11 is 21.9. The van der Waals surface area contributed by atoms with Crippen LogP contribution in [0.3, 0.4) is 0 Å². The molecule has 7 heteroatoms. The Kier molecular flexibility index (Phi) is 3.82. The largest absolute Gasteiger partial charge is 0.369 e. The van der Waals surface area contributed by atoms with Gasteiger partial charge in [-0.2, -0.15) is 0 Å². The second-order valence-corrected chi connectivity index (χ2v) is 6.69. The van der Waals surface area contributed by atoms with Crippen LogP contribution in [0.2, 0.25) is 15.1 Å². The summed E-state index contributed by atoms with van der Waals surface area (Å²) in [5, 5.41) is 1.53. The highest BCUT2D eigenvalue weighted by Gasteiger charge is 2.15. The fourth-order valence-corrected chi connectivity index (χ4v) is 3.26. The molecular formula is C14H9BrCl3N3. The van der Waals surface area contributed by atoms with Crippen molar-refractivity contribution in [3.63, 3.8) is 0 Å². The van der Waals surface area contributed by atoms with E-state index >= 15 is 0 Å². The molecule has 0 saturated heterocycles. The number of benzene rings is 2. The molecule has 108 valence electrons. The van der Waals surface area contributed by atoms with Crippen LogP contribution in [0.4, 0.5) is 5.95 Å². The van der Waals surface area contributed by atoms with Crippen LogP contribution in [-0.4, -0.2) is 9.55 Å². The van der Waals surface area contributed by atoms with E-state index in [9.17, 15) is 0 Å². The molecule has 0 aliphatic rings. The summed E-state index contributed by atoms with van der Waals surface area (Å²) in [5.74, 6) is 0.337. The first-order chi connectivity index (χ1) is 9.88. The van der Waals surface area contributed by atoms with Crippen molar-refractivity contribution in [3.05, 3.63) is 49.4 Å². The maximum atomic E-state index is 6.22. The van der Waals surface area contributed by atoms with E-state index < -0.39 is 0 Å². The van der Waals surface area contributed by atoms with Crippen molar-refractivity contribution in [1.29, 1.82) is 0 Å². The van der Waals surface area contributed by atoms with Gasteiger partial charge < -0.3 is 5.73 Å². The van der Waals surface area contributed by atoms with E-state index in [0.29, 0.717) is 26.5 Å². The first-order valence-corrected chi connectivity index (χ1v) is 7.90. The number of aromatic nitrogens is 2. The van der Waals surface area contributed by atoms with E-state index in [1.165, 1.54) is 0 Å². The molecule has 1 aromatic heterocycles. The number of nitrogen functional groups attached to an aromatic ring is 1. The van der Waals surface area contributed by atoms with Gasteiger partial charge in [-0.25, -0.2) is 4.98 Å². The monoisotopic (exact) mass is 403 g/mol. The third kappa shape index (κ3) is 2.50. The van der Waals surface area contributed by atoms with Gasteiger partial charge in [-0.15, -0.1) is 0 Å². The first kappa shape index (κ1) is 15.0. The predicted octanol–water partition coefficient (Wildman–Crippen LogP) is 5.64. The number of fused-ring (bicyclic) bond motifs is 1. The molecule has 3 nitrogen and oxygen atoms in total. The zero-order chi connectivity index (χ0) is 15.3. The SMILES string of the molecule is Cc1cc(Br)c(-n2c(N)nc3cc(Cl)c(Cl)cc32)cc1Cl. The highest BCUT2D eigenvalue weighted by molar-refractivity contribution is 9.10. The fourth-order valence-electron chi connectivity index (χ4n) is 2.15. The molecule has 3 rings (SSSR count). The summed E-state index contributed by atoms with van der Waals surface area (Å²) in [6.07, 6.45) is 0. The third-order valence-corrected chi connectivity index (χ3v) is 4.96. The number of nitrogens with two attached hydrogens (primary N) is 1. The minimum atomic E-state index is 0.337. The molecule has 0 fully saturated rings. The number of aryl methyl sites for hydroxylation is 1. The molecule has 3 aromatic rings. The molecule has 0 bridgehead atoms. The number of hydrogen-bond donors (Lipinski definition) is 1. The highest BCUT2D eigenvalue weighted by atomic mass is 79.9. The fraction of sp³-hybridized carbons (Fsp3) is 0.0714. The molecule has 21 heavy (non-hydrogen) atoms. The molecule has 0 saturated carbocycles. The Labute approximate surface area is 144 Å². The second kappa shape index (κ2) is 5.36. The molecule has 2 N–H and O–H groups in total. The number of nitrogens with zero attached hydrogens (tertiary/aromatic N) is 2. The van der Waals surface area contributed by atoms with E-state index in [-0.39, 0.29) is 0 Å². The average Bonchev–Trinajstić information content (AvgIpc) is 2.70. The Morgan fingerprint density at radius 2 is 1.71 bits per heavy atom. The number of hydrogen-bond acceptors (Lipinski definition) is 2. The zero-order valence-electron chi connectivity index (χ0n) is 10.8. The molecular weight excluding hydrogens is 396 g/mol. The van der Waals surface area contributed by atoms with Crippen LogP contribution in [-0.2, 0) is 0 Å². The van der Waals surface area contributed by atoms with E-state index in [2.05, 4.69) is 20.9 Å². The molecule has 0 atom stereocenters. The van der Waals surface area contributed by atoms with Crippen LogP contribution in [0.25, 0.3) is 16.7 Å². The van der Waals surface area contributed by atoms with Gasteiger partial charge in [0, 0.05) is 9.50 Å². The van der Waals surface area contributed by atoms with Gasteiger partial charge in [-0.3, -0.25) is 4.57 Å². The first-order valence-electron chi connectivity index (χ1n) is 5.97. The van der Waals surface area contributed by atoms with Crippen LogP contribution in [0.1, 0.15) is 5.56 Å². The lowest BCUT2D eigenvalue weighted by Gasteiger charge is -2.11. The smallest absolute Gasteiger partial charge is 0.205 e. The lowest BCUT2D eigenvalue weighted by atomic mass is 10.2. The zero-order valence-corrected chi connectivity index (χ0v) is 14.6. The van der Waals surface area contributed by atoms with Crippen molar-refractivity contribution in [2.75, 3.05) is 5.73 Å². The molecule has 0 amide bonds. The summed E-state index contributed by atoms with van der Waals surface area (Å²) in [6.45, 7) is 1.93. The van der Waals surface area contributed by atoms with Crippen molar-refractivity contribution >= 4 is 67.7 Å². The van der Waals surface area contributed by atoms with Crippen LogP contribution in [0.5, 0.6) is 0 Å². The van der Waals surface area contributed by atoms with Crippen molar-refractivity contribution < 1.29 is 0 Å². The number of halogens is 4. The van der Waals surface area contributed by atoms with Gasteiger partial charge in [0.05, 0.1) is 26.8 Å². The topological polar surface area (TPSA) is 43.8 Å². The maximum Gasteiger partial charge on any atom is 0.205 e. The summed E-state index contributed by atoms with van der Waals surface area (Å²) in [4.78, 5) is 4.32. The summed E-state index contributed by atoms with van der Waals surface area (Å²) in [6, 6.07) is 7.19. The lowest BCUT2D eigenvalue weighted by Crippen LogP contribution is -2.02. The summed E-state index contributed by atoms with van der Waals surface area (Å²) in [5.41, 5.74) is 9.25. The number of anilines is 1. The van der Waals surface area contributed by atoms with Crippen molar-refractivity contribution in [2.24, 2.45) is 0 Å². The van der Waals surface area contributed by atoms with E-state index in [4.69, 9.17) is 40.5 Å². The number of rotatable bonds is 1. The van der Waals surface area contributed by atoms with E-state index in [1.54, 1.807) is 16.7 Å². The van der Waals surface area contributed by atoms with Crippen LogP contribution in [0, 0.1) is 6.92 Å². The summed E-state index contributed by atoms with van der Waals surface area (Å²) < 4.78 is 2.65. The molecule has 0 spiro atoms. The van der Waals surface area contributed by atoms with Gasteiger partial charge >= 0.3 is 0 Å². The lowest BCUT2D eigenvalue weighted by molar-refractivity contribution is 1.10. The quantitative estimate of drug-likeness (QED) is 0.569. The normalized spacial score (nSPS) is 11.3. The Balaban J connectivity index is 2.37. The van der Waals surface area contributed by atoms with Gasteiger partial charge in [-0.1, -0.05) is 34.8 Å². The van der Waals surface area contributed by atoms with Crippen LogP contribution in [0.15, 0.2) is 28.7 Å². The maximum absolute atomic E-state index is 6.22. The predicted molar refractivity (Wildman–Crippen MR) is 92.9 cm³/mol. The molecule has 0 aliphatic carbocycles. The van der Waals surface area contributed by atoms with Gasteiger partial charge in [0.1, 0.15) is 0 Å². The Bertz CT molecular complexity index is 874. The molecule has 1 heterocycles. The highest BCUT2D eigenvalue weighted by Crippen LogP contribution is 2.35. The standard InChI is InChI=1S/C14H9BrCl3N3/c1-6-2-7(15)12(4-8(6)16)21-13-5-10(18)9(17)3-11(13)20-14(21)19/h2-5H,1H3,(H2,19,20). The van der Waals surface area contributed by atoms with Crippen LogP contribution < -0.4 is 5.73 Å². The van der Waals surface area contributed by atoms with Gasteiger partial charge in [0.15, 0.2) is 0 Å². The third-order valence-electron chi connectivity index (χ3n) is 3.19. The Morgan fingerprint density at radius 3 is 2.43 bits per heavy atom. The van der Waals surface area contributed by atoms with E-state index in [0.717, 1.165) is 21.2 Å². The average molecular weight is 406 g/mol. The van der Waals surface area contributed by atoms with Crippen LogP contribution >= 0.6 is 50.7 Å². The van der Waals surface area contributed by atoms with Gasteiger partial charge in [0.2, 0.25) is 5.95 Å². The minimum Gasteiger partial charge on any atom is -0.369 e. The van der Waals surface area contributed by atoms with Crippen molar-refractivity contribution in [3.8, 4) is 5.69 Å². The molecule has 0 unspecified atom stereocenters. The van der Waals surface area contributed by atoms with Gasteiger partial charge in [-0.05, 0) is 52.7 Å². The summed E-state index contributed by atoms with van der Waals surface area (Å²) in [7, 11) is 0. The Hall–Kier alpha value is -0.940. The van der Waals surface area contributed by atoms with E-state index in [1.807, 2.05) is 19.1 Å². The van der Waals surface area contributed by atoms with Crippen molar-refractivity contribution in [2.45, 2.75) is 6.92 Å².